The van der Waals surface area contributed by atoms with Gasteiger partial charge in [-0.2, -0.15) is 0 Å². The second-order valence-electron chi connectivity index (χ2n) is 5.67. The molecule has 0 unspecified atom stereocenters. The second-order valence-corrected chi connectivity index (χ2v) is 7.28. The first-order valence-corrected chi connectivity index (χ1v) is 9.08. The summed E-state index contributed by atoms with van der Waals surface area (Å²) >= 11 is 7.75. The molecule has 1 aromatic carbocycles. The molecule has 3 aromatic rings. The molecular weight excluding hydrogens is 358 g/mol. The van der Waals surface area contributed by atoms with Crippen molar-refractivity contribution in [1.29, 1.82) is 0 Å². The number of ether oxygens (including phenoxy) is 1. The molecule has 2 aromatic heterocycles. The van der Waals surface area contributed by atoms with Crippen LogP contribution < -0.4 is 5.32 Å². The number of benzene rings is 1. The highest BCUT2D eigenvalue weighted by atomic mass is 35.5. The van der Waals surface area contributed by atoms with E-state index in [1.54, 1.807) is 6.92 Å². The van der Waals surface area contributed by atoms with E-state index in [9.17, 15) is 4.79 Å². The van der Waals surface area contributed by atoms with Crippen molar-refractivity contribution in [3.63, 3.8) is 0 Å². The maximum atomic E-state index is 12.1. The first-order valence-electron chi connectivity index (χ1n) is 7.88. The molecule has 3 rings (SSSR count). The zero-order valence-electron chi connectivity index (χ0n) is 14.4. The van der Waals surface area contributed by atoms with Crippen molar-refractivity contribution in [3.05, 3.63) is 45.1 Å². The highest BCUT2D eigenvalue weighted by molar-refractivity contribution is 7.18. The average molecular weight is 376 g/mol. The third-order valence-corrected chi connectivity index (χ3v) is 5.43. The number of rotatable bonds is 4. The van der Waals surface area contributed by atoms with E-state index in [4.69, 9.17) is 16.3 Å². The largest absolute Gasteiger partial charge is 0.460 e. The lowest BCUT2D eigenvalue weighted by Crippen LogP contribution is -2.11. The Hall–Kier alpha value is -2.18. The number of esters is 1. The minimum absolute atomic E-state index is 0.0521. The van der Waals surface area contributed by atoms with E-state index in [0.29, 0.717) is 10.8 Å². The lowest BCUT2D eigenvalue weighted by molar-refractivity contribution is 0.0512. The number of halogens is 1. The van der Waals surface area contributed by atoms with Crippen LogP contribution in [0.4, 0.5) is 11.5 Å². The number of nitrogens with zero attached hydrogens (tertiary/aromatic N) is 2. The highest BCUT2D eigenvalue weighted by Gasteiger charge is 2.19. The highest BCUT2D eigenvalue weighted by Crippen LogP contribution is 2.35. The fraction of sp³-hybridized carbons (Fsp3) is 0.278. The molecule has 0 atom stereocenters. The Morgan fingerprint density at radius 3 is 2.72 bits per heavy atom. The van der Waals surface area contributed by atoms with Crippen LogP contribution in [-0.2, 0) is 4.74 Å². The van der Waals surface area contributed by atoms with E-state index >= 15 is 0 Å². The Morgan fingerprint density at radius 2 is 2.04 bits per heavy atom. The maximum Gasteiger partial charge on any atom is 0.376 e. The number of aryl methyl sites for hydroxylation is 3. The number of hydrogen-bond acceptors (Lipinski definition) is 6. The summed E-state index contributed by atoms with van der Waals surface area (Å²) in [6.45, 7) is 8.02. The predicted molar refractivity (Wildman–Crippen MR) is 102 cm³/mol. The molecule has 2 heterocycles. The first kappa shape index (κ1) is 17.6. The summed E-state index contributed by atoms with van der Waals surface area (Å²) in [5, 5.41) is 4.85. The van der Waals surface area contributed by atoms with Crippen LogP contribution in [-0.4, -0.2) is 22.5 Å². The number of fused-ring (bicyclic) bond motifs is 1. The quantitative estimate of drug-likeness (QED) is 0.635. The Kier molecular flexibility index (Phi) is 4.92. The standard InChI is InChI=1S/C18H18ClN3O2S/c1-5-24-18(23)16-21-15(14-10(3)11(4)25-17(14)22-16)20-12-7-6-9(2)13(19)8-12/h6-8H,5H2,1-4H3,(H,20,21,22). The molecule has 25 heavy (non-hydrogen) atoms. The zero-order valence-corrected chi connectivity index (χ0v) is 16.0. The molecule has 0 saturated heterocycles. The third kappa shape index (κ3) is 3.45. The van der Waals surface area contributed by atoms with Crippen LogP contribution >= 0.6 is 22.9 Å². The minimum atomic E-state index is -0.530. The topological polar surface area (TPSA) is 64.1 Å². The van der Waals surface area contributed by atoms with Crippen LogP contribution in [0.2, 0.25) is 5.02 Å². The molecular formula is C18H18ClN3O2S. The SMILES string of the molecule is CCOC(=O)c1nc(Nc2ccc(C)c(Cl)c2)c2c(C)c(C)sc2n1. The van der Waals surface area contributed by atoms with Gasteiger partial charge in [-0.25, -0.2) is 14.8 Å². The van der Waals surface area contributed by atoms with Gasteiger partial charge in [-0.3, -0.25) is 0 Å². The number of thiophene rings is 1. The molecule has 0 fully saturated rings. The number of carbonyl (C=O) groups excluding carboxylic acids is 1. The fourth-order valence-corrected chi connectivity index (χ4v) is 3.64. The average Bonchev–Trinajstić information content (AvgIpc) is 2.86. The van der Waals surface area contributed by atoms with Crippen molar-refractivity contribution in [2.24, 2.45) is 0 Å². The molecule has 0 spiro atoms. The van der Waals surface area contributed by atoms with Gasteiger partial charge in [-0.1, -0.05) is 17.7 Å². The Labute approximate surface area is 155 Å². The summed E-state index contributed by atoms with van der Waals surface area (Å²) in [7, 11) is 0. The van der Waals surface area contributed by atoms with Crippen molar-refractivity contribution < 1.29 is 9.53 Å². The van der Waals surface area contributed by atoms with E-state index in [0.717, 1.165) is 31.9 Å². The third-order valence-electron chi connectivity index (χ3n) is 3.92. The van der Waals surface area contributed by atoms with Crippen LogP contribution in [0, 0.1) is 20.8 Å². The van der Waals surface area contributed by atoms with E-state index in [-0.39, 0.29) is 12.4 Å². The van der Waals surface area contributed by atoms with Gasteiger partial charge < -0.3 is 10.1 Å². The van der Waals surface area contributed by atoms with Gasteiger partial charge in [-0.05, 0) is 51.0 Å². The van der Waals surface area contributed by atoms with E-state index in [1.807, 2.05) is 39.0 Å². The number of nitrogens with one attached hydrogen (secondary N) is 1. The first-order chi connectivity index (χ1) is 11.9. The van der Waals surface area contributed by atoms with Gasteiger partial charge in [0.1, 0.15) is 10.6 Å². The molecule has 5 nitrogen and oxygen atoms in total. The number of hydrogen-bond donors (Lipinski definition) is 1. The molecule has 130 valence electrons. The Balaban J connectivity index is 2.13. The second kappa shape index (κ2) is 6.98. The summed E-state index contributed by atoms with van der Waals surface area (Å²) in [6.07, 6.45) is 0. The molecule has 0 aliphatic rings. The minimum Gasteiger partial charge on any atom is -0.460 e. The van der Waals surface area contributed by atoms with Crippen LogP contribution in [0.15, 0.2) is 18.2 Å². The maximum absolute atomic E-state index is 12.1. The van der Waals surface area contributed by atoms with Crippen molar-refractivity contribution in [1.82, 2.24) is 9.97 Å². The summed E-state index contributed by atoms with van der Waals surface area (Å²) < 4.78 is 5.05. The van der Waals surface area contributed by atoms with Gasteiger partial charge in [0, 0.05) is 15.6 Å². The van der Waals surface area contributed by atoms with Crippen LogP contribution in [0.3, 0.4) is 0 Å². The predicted octanol–water partition coefficient (Wildman–Crippen LogP) is 5.19. The molecule has 0 bridgehead atoms. The van der Waals surface area contributed by atoms with E-state index in [1.165, 1.54) is 11.3 Å². The zero-order chi connectivity index (χ0) is 18.1. The molecule has 0 aliphatic carbocycles. The Bertz CT molecular complexity index is 969. The van der Waals surface area contributed by atoms with Crippen molar-refractivity contribution in [2.45, 2.75) is 27.7 Å². The molecule has 0 amide bonds. The van der Waals surface area contributed by atoms with Crippen LogP contribution in [0.1, 0.15) is 33.5 Å². The van der Waals surface area contributed by atoms with E-state index in [2.05, 4.69) is 15.3 Å². The molecule has 0 radical (unpaired) electrons. The molecule has 7 heteroatoms. The van der Waals surface area contributed by atoms with Gasteiger partial charge in [0.15, 0.2) is 0 Å². The lowest BCUT2D eigenvalue weighted by Gasteiger charge is -2.10. The van der Waals surface area contributed by atoms with Crippen LogP contribution in [0.25, 0.3) is 10.2 Å². The fourth-order valence-electron chi connectivity index (χ4n) is 2.43. The Morgan fingerprint density at radius 1 is 1.28 bits per heavy atom. The summed E-state index contributed by atoms with van der Waals surface area (Å²) in [6, 6.07) is 5.69. The molecule has 0 saturated carbocycles. The van der Waals surface area contributed by atoms with Crippen molar-refractivity contribution >= 4 is 50.6 Å². The van der Waals surface area contributed by atoms with Gasteiger partial charge in [0.05, 0.1) is 12.0 Å². The monoisotopic (exact) mass is 375 g/mol. The van der Waals surface area contributed by atoms with E-state index < -0.39 is 5.97 Å². The van der Waals surface area contributed by atoms with Gasteiger partial charge in [0.2, 0.25) is 5.82 Å². The van der Waals surface area contributed by atoms with Gasteiger partial charge >= 0.3 is 5.97 Å². The number of aromatic nitrogens is 2. The molecule has 1 N–H and O–H groups in total. The smallest absolute Gasteiger partial charge is 0.376 e. The van der Waals surface area contributed by atoms with Gasteiger partial charge in [-0.15, -0.1) is 11.3 Å². The normalized spacial score (nSPS) is 10.9. The van der Waals surface area contributed by atoms with Crippen LogP contribution in [0.5, 0.6) is 0 Å². The lowest BCUT2D eigenvalue weighted by atomic mass is 10.2. The van der Waals surface area contributed by atoms with Gasteiger partial charge in [0.25, 0.3) is 0 Å². The number of anilines is 2. The summed E-state index contributed by atoms with van der Waals surface area (Å²) in [4.78, 5) is 22.8. The van der Waals surface area contributed by atoms with Crippen molar-refractivity contribution in [3.8, 4) is 0 Å². The molecule has 0 aliphatic heterocycles. The summed E-state index contributed by atoms with van der Waals surface area (Å²) in [5.41, 5.74) is 2.89. The van der Waals surface area contributed by atoms with Crippen molar-refractivity contribution in [2.75, 3.05) is 11.9 Å². The number of carbonyl (C=O) groups is 1. The summed E-state index contributed by atoms with van der Waals surface area (Å²) in [5.74, 6) is 0.101.